The normalized spacial score (nSPS) is 13.1. The maximum absolute atomic E-state index is 11.3. The Labute approximate surface area is 172 Å². The van der Waals surface area contributed by atoms with Crippen LogP contribution in [0, 0.1) is 4.77 Å². The van der Waals surface area contributed by atoms with E-state index in [4.69, 9.17) is 27.4 Å². The summed E-state index contributed by atoms with van der Waals surface area (Å²) in [5, 5.41) is 0. The van der Waals surface area contributed by atoms with Gasteiger partial charge in [-0.25, -0.2) is 0 Å². The standard InChI is InChI=1S/C17H24N5O5PS/c1-4-11(8-12(5-2)10-28(23,24)25)9-22-15-13(19-17(22)29)14(18)20-16(21-15)27-7-6-26-3/h4-5,8H,2,6-7,9-10H2,1,3H3,(H,19,29)(H2,18,20,21)(H2,23,24,25)/b11-4+,12-8+. The van der Waals surface area contributed by atoms with Gasteiger partial charge in [0.2, 0.25) is 0 Å². The molecular weight excluding hydrogens is 417 g/mol. The first kappa shape index (κ1) is 23.0. The van der Waals surface area contributed by atoms with Gasteiger partial charge in [0.1, 0.15) is 12.1 Å². The Hall–Kier alpha value is -2.30. The van der Waals surface area contributed by atoms with Crippen molar-refractivity contribution in [2.75, 3.05) is 32.2 Å². The Morgan fingerprint density at radius 3 is 2.69 bits per heavy atom. The second kappa shape index (κ2) is 9.95. The molecule has 0 aliphatic heterocycles. The third kappa shape index (κ3) is 6.34. The molecule has 0 aliphatic carbocycles. The summed E-state index contributed by atoms with van der Waals surface area (Å²) in [6.07, 6.45) is 4.48. The van der Waals surface area contributed by atoms with Crippen molar-refractivity contribution in [3.05, 3.63) is 40.7 Å². The molecule has 10 nitrogen and oxygen atoms in total. The zero-order valence-corrected chi connectivity index (χ0v) is 17.9. The first-order valence-electron chi connectivity index (χ1n) is 8.59. The quantitative estimate of drug-likeness (QED) is 0.189. The van der Waals surface area contributed by atoms with E-state index in [0.29, 0.717) is 34.7 Å². The minimum absolute atomic E-state index is 0.0978. The monoisotopic (exact) mass is 441 g/mol. The van der Waals surface area contributed by atoms with Crippen molar-refractivity contribution in [1.29, 1.82) is 0 Å². The van der Waals surface area contributed by atoms with Crippen molar-refractivity contribution in [1.82, 2.24) is 19.5 Å². The molecule has 0 atom stereocenters. The highest BCUT2D eigenvalue weighted by atomic mass is 32.1. The molecule has 12 heteroatoms. The summed E-state index contributed by atoms with van der Waals surface area (Å²) >= 11 is 5.39. The Kier molecular flexibility index (Phi) is 7.88. The van der Waals surface area contributed by atoms with Gasteiger partial charge in [-0.05, 0) is 30.3 Å². The molecular formula is C17H24N5O5PS. The van der Waals surface area contributed by atoms with E-state index in [-0.39, 0.29) is 18.4 Å². The molecule has 29 heavy (non-hydrogen) atoms. The number of anilines is 1. The highest BCUT2D eigenvalue weighted by molar-refractivity contribution is 7.71. The predicted molar refractivity (Wildman–Crippen MR) is 113 cm³/mol. The number of hydrogen-bond acceptors (Lipinski definition) is 7. The van der Waals surface area contributed by atoms with Gasteiger partial charge in [-0.3, -0.25) is 9.13 Å². The molecule has 0 radical (unpaired) electrons. The number of aromatic nitrogens is 4. The molecule has 0 fully saturated rings. The van der Waals surface area contributed by atoms with E-state index in [9.17, 15) is 14.4 Å². The summed E-state index contributed by atoms with van der Waals surface area (Å²) in [4.78, 5) is 29.9. The van der Waals surface area contributed by atoms with E-state index < -0.39 is 13.8 Å². The minimum atomic E-state index is -4.22. The molecule has 0 saturated heterocycles. The van der Waals surface area contributed by atoms with E-state index in [2.05, 4.69) is 21.5 Å². The zero-order chi connectivity index (χ0) is 21.6. The largest absolute Gasteiger partial charge is 0.461 e. The van der Waals surface area contributed by atoms with Gasteiger partial charge in [0.05, 0.1) is 19.3 Å². The third-order valence-electron chi connectivity index (χ3n) is 3.88. The maximum atomic E-state index is 11.3. The van der Waals surface area contributed by atoms with Gasteiger partial charge >= 0.3 is 13.6 Å². The van der Waals surface area contributed by atoms with Crippen LogP contribution in [0.15, 0.2) is 36.0 Å². The van der Waals surface area contributed by atoms with Crippen molar-refractivity contribution in [3.8, 4) is 6.01 Å². The first-order valence-corrected chi connectivity index (χ1v) is 10.8. The molecule has 0 amide bonds. The molecule has 0 bridgehead atoms. The van der Waals surface area contributed by atoms with E-state index in [1.807, 2.05) is 13.0 Å². The summed E-state index contributed by atoms with van der Waals surface area (Å²) in [5.41, 5.74) is 8.10. The lowest BCUT2D eigenvalue weighted by molar-refractivity contribution is 0.141. The van der Waals surface area contributed by atoms with Crippen LogP contribution in [0.25, 0.3) is 11.2 Å². The Bertz CT molecular complexity index is 1050. The third-order valence-corrected chi connectivity index (χ3v) is 4.98. The number of ether oxygens (including phenoxy) is 2. The van der Waals surface area contributed by atoms with Crippen molar-refractivity contribution in [2.45, 2.75) is 13.5 Å². The maximum Gasteiger partial charge on any atom is 0.329 e. The number of nitrogens with one attached hydrogen (secondary N) is 1. The van der Waals surface area contributed by atoms with Crippen LogP contribution in [0.5, 0.6) is 6.01 Å². The zero-order valence-electron chi connectivity index (χ0n) is 16.2. The summed E-state index contributed by atoms with van der Waals surface area (Å²) in [6, 6.07) is 0.0978. The van der Waals surface area contributed by atoms with Crippen LogP contribution in [-0.4, -0.2) is 55.8 Å². The van der Waals surface area contributed by atoms with Gasteiger partial charge in [0, 0.05) is 7.11 Å². The summed E-state index contributed by atoms with van der Waals surface area (Å²) in [5.74, 6) is 0.193. The summed E-state index contributed by atoms with van der Waals surface area (Å²) in [7, 11) is -2.66. The number of H-pyrrole nitrogens is 1. The number of fused-ring (bicyclic) bond motifs is 1. The van der Waals surface area contributed by atoms with Crippen LogP contribution in [0.1, 0.15) is 6.92 Å². The second-order valence-corrected chi connectivity index (χ2v) is 8.09. The molecule has 0 spiro atoms. The van der Waals surface area contributed by atoms with Crippen LogP contribution in [0.4, 0.5) is 5.82 Å². The first-order chi connectivity index (χ1) is 13.7. The number of methoxy groups -OCH3 is 1. The summed E-state index contributed by atoms with van der Waals surface area (Å²) < 4.78 is 23.8. The van der Waals surface area contributed by atoms with Crippen molar-refractivity contribution in [2.24, 2.45) is 0 Å². The fraction of sp³-hybridized carbons (Fsp3) is 0.353. The topological polar surface area (TPSA) is 149 Å². The number of allylic oxidation sites excluding steroid dienone is 5. The van der Waals surface area contributed by atoms with Crippen molar-refractivity contribution < 1.29 is 23.8 Å². The SMILES string of the molecule is C=C/C(=C\C(=C/C)Cn1c(=S)[nH]c2c(N)nc(OCCOC)nc21)CP(=O)(O)O. The second-order valence-electron chi connectivity index (χ2n) is 6.06. The number of rotatable bonds is 10. The van der Waals surface area contributed by atoms with E-state index >= 15 is 0 Å². The molecule has 5 N–H and O–H groups in total. The number of imidazole rings is 1. The molecule has 2 aromatic rings. The van der Waals surface area contributed by atoms with Gasteiger partial charge in [0.25, 0.3) is 0 Å². The highest BCUT2D eigenvalue weighted by Crippen LogP contribution is 2.37. The molecule has 2 rings (SSSR count). The molecule has 158 valence electrons. The summed E-state index contributed by atoms with van der Waals surface area (Å²) in [6.45, 7) is 6.36. The lowest BCUT2D eigenvalue weighted by atomic mass is 10.1. The van der Waals surface area contributed by atoms with Gasteiger partial charge < -0.3 is 30.0 Å². The predicted octanol–water partition coefficient (Wildman–Crippen LogP) is 2.33. The Morgan fingerprint density at radius 2 is 2.10 bits per heavy atom. The van der Waals surface area contributed by atoms with Gasteiger partial charge in [0.15, 0.2) is 16.2 Å². The number of nitrogens with zero attached hydrogens (tertiary/aromatic N) is 3. The average Bonchev–Trinajstić information content (AvgIpc) is 2.96. The molecule has 2 heterocycles. The Morgan fingerprint density at radius 1 is 1.38 bits per heavy atom. The number of nitrogen functional groups attached to an aromatic ring is 1. The van der Waals surface area contributed by atoms with Crippen LogP contribution in [0.2, 0.25) is 0 Å². The number of nitrogens with two attached hydrogens (primary N) is 1. The van der Waals surface area contributed by atoms with E-state index in [0.717, 1.165) is 5.57 Å². The molecule has 2 aromatic heterocycles. The average molecular weight is 441 g/mol. The van der Waals surface area contributed by atoms with Crippen molar-refractivity contribution in [3.63, 3.8) is 0 Å². The molecule has 0 unspecified atom stereocenters. The van der Waals surface area contributed by atoms with Crippen LogP contribution >= 0.6 is 19.8 Å². The van der Waals surface area contributed by atoms with Gasteiger partial charge in [-0.1, -0.05) is 24.8 Å². The van der Waals surface area contributed by atoms with Crippen molar-refractivity contribution >= 4 is 36.8 Å². The fourth-order valence-electron chi connectivity index (χ4n) is 2.51. The number of aromatic amines is 1. The lowest BCUT2D eigenvalue weighted by Gasteiger charge is -2.10. The van der Waals surface area contributed by atoms with E-state index in [1.165, 1.54) is 6.08 Å². The van der Waals surface area contributed by atoms with Crippen LogP contribution in [-0.2, 0) is 15.8 Å². The van der Waals surface area contributed by atoms with Crippen LogP contribution in [0.3, 0.4) is 0 Å². The van der Waals surface area contributed by atoms with E-state index in [1.54, 1.807) is 17.8 Å². The van der Waals surface area contributed by atoms with Crippen LogP contribution < -0.4 is 10.5 Å². The molecule has 0 aliphatic rings. The molecule has 0 saturated carbocycles. The smallest absolute Gasteiger partial charge is 0.329 e. The van der Waals surface area contributed by atoms with Gasteiger partial charge in [-0.15, -0.1) is 0 Å². The fourth-order valence-corrected chi connectivity index (χ4v) is 3.46. The highest BCUT2D eigenvalue weighted by Gasteiger charge is 2.16. The van der Waals surface area contributed by atoms with Gasteiger partial charge in [-0.2, -0.15) is 9.97 Å². The minimum Gasteiger partial charge on any atom is -0.461 e. The lowest BCUT2D eigenvalue weighted by Crippen LogP contribution is -2.09. The Balaban J connectivity index is 2.41. The molecule has 0 aromatic carbocycles. The number of hydrogen-bond donors (Lipinski definition) is 4.